The van der Waals surface area contributed by atoms with E-state index in [0.717, 1.165) is 75.3 Å². The first-order valence-electron chi connectivity index (χ1n) is 10.1. The molecule has 0 aliphatic carbocycles. The maximum atomic E-state index is 5.72. The topological polar surface area (TPSA) is 82.6 Å². The summed E-state index contributed by atoms with van der Waals surface area (Å²) in [6.45, 7) is 4.72. The van der Waals surface area contributed by atoms with Gasteiger partial charge in [0.1, 0.15) is 17.2 Å². The molecule has 1 aliphatic rings. The lowest BCUT2D eigenvalue weighted by Crippen LogP contribution is -2.39. The van der Waals surface area contributed by atoms with Crippen LogP contribution in [0.5, 0.6) is 17.2 Å². The number of aliphatic imine (C=N–C) groups is 1. The molecule has 1 saturated heterocycles. The normalized spacial score (nSPS) is 16.0. The van der Waals surface area contributed by atoms with Crippen molar-refractivity contribution in [3.63, 3.8) is 0 Å². The van der Waals surface area contributed by atoms with Crippen LogP contribution in [0.2, 0.25) is 0 Å². The molecule has 0 saturated carbocycles. The molecule has 1 aliphatic heterocycles. The van der Waals surface area contributed by atoms with Crippen molar-refractivity contribution in [2.45, 2.75) is 19.3 Å². The van der Waals surface area contributed by atoms with Crippen molar-refractivity contribution < 1.29 is 23.7 Å². The van der Waals surface area contributed by atoms with Crippen LogP contribution < -0.4 is 24.8 Å². The molecule has 1 aromatic carbocycles. The van der Waals surface area contributed by atoms with E-state index in [4.69, 9.17) is 23.7 Å². The van der Waals surface area contributed by atoms with Crippen LogP contribution in [-0.4, -0.2) is 73.9 Å². The molecule has 1 aromatic rings. The maximum absolute atomic E-state index is 5.72. The highest BCUT2D eigenvalue weighted by molar-refractivity contribution is 14.0. The monoisotopic (exact) mass is 537 g/mol. The fourth-order valence-corrected chi connectivity index (χ4v) is 3.20. The Bertz CT molecular complexity index is 614. The lowest BCUT2D eigenvalue weighted by atomic mass is 10.1. The summed E-state index contributed by atoms with van der Waals surface area (Å²) in [6.07, 6.45) is 2.76. The number of hydrogen-bond acceptors (Lipinski definition) is 6. The SMILES string of the molecule is CN=C(NCCCOCC1CCOC1)NCCc1c(OC)cc(OC)cc1OC.I. The van der Waals surface area contributed by atoms with E-state index in [1.807, 2.05) is 12.1 Å². The molecular weight excluding hydrogens is 501 g/mol. The van der Waals surface area contributed by atoms with Gasteiger partial charge in [0.15, 0.2) is 5.96 Å². The molecular formula is C21H36IN3O5. The van der Waals surface area contributed by atoms with E-state index in [2.05, 4.69) is 15.6 Å². The molecule has 0 amide bonds. The second-order valence-corrected chi connectivity index (χ2v) is 6.84. The van der Waals surface area contributed by atoms with Crippen LogP contribution in [-0.2, 0) is 15.9 Å². The highest BCUT2D eigenvalue weighted by Crippen LogP contribution is 2.34. The fourth-order valence-electron chi connectivity index (χ4n) is 3.20. The van der Waals surface area contributed by atoms with Crippen LogP contribution in [0.25, 0.3) is 0 Å². The van der Waals surface area contributed by atoms with Gasteiger partial charge in [-0.05, 0) is 19.3 Å². The minimum absolute atomic E-state index is 0. The molecule has 2 rings (SSSR count). The van der Waals surface area contributed by atoms with Crippen molar-refractivity contribution >= 4 is 29.9 Å². The largest absolute Gasteiger partial charge is 0.496 e. The number of halogens is 1. The van der Waals surface area contributed by atoms with Gasteiger partial charge in [0.25, 0.3) is 0 Å². The van der Waals surface area contributed by atoms with Gasteiger partial charge >= 0.3 is 0 Å². The van der Waals surface area contributed by atoms with Gasteiger partial charge in [-0.25, -0.2) is 0 Å². The smallest absolute Gasteiger partial charge is 0.190 e. The average molecular weight is 537 g/mol. The van der Waals surface area contributed by atoms with E-state index in [0.29, 0.717) is 18.2 Å². The summed E-state index contributed by atoms with van der Waals surface area (Å²) in [5, 5.41) is 6.64. The molecule has 30 heavy (non-hydrogen) atoms. The van der Waals surface area contributed by atoms with E-state index < -0.39 is 0 Å². The van der Waals surface area contributed by atoms with Crippen LogP contribution >= 0.6 is 24.0 Å². The Morgan fingerprint density at radius 2 is 1.80 bits per heavy atom. The molecule has 0 radical (unpaired) electrons. The maximum Gasteiger partial charge on any atom is 0.190 e. The Hall–Kier alpha value is -1.46. The summed E-state index contributed by atoms with van der Waals surface area (Å²) in [6, 6.07) is 3.73. The highest BCUT2D eigenvalue weighted by Gasteiger charge is 2.15. The number of nitrogens with zero attached hydrogens (tertiary/aromatic N) is 1. The van der Waals surface area contributed by atoms with Crippen LogP contribution in [0.15, 0.2) is 17.1 Å². The standard InChI is InChI=1S/C21H35N3O5.HI/c1-22-21(23-8-5-10-28-14-16-7-11-29-15-16)24-9-6-18-19(26-3)12-17(25-2)13-20(18)27-4;/h12-13,16H,5-11,14-15H2,1-4H3,(H2,22,23,24);1H. The summed E-state index contributed by atoms with van der Waals surface area (Å²) in [7, 11) is 6.68. The number of guanidine groups is 1. The highest BCUT2D eigenvalue weighted by atomic mass is 127. The molecule has 1 heterocycles. The van der Waals surface area contributed by atoms with Gasteiger partial charge < -0.3 is 34.3 Å². The van der Waals surface area contributed by atoms with Crippen LogP contribution in [0.4, 0.5) is 0 Å². The summed E-state index contributed by atoms with van der Waals surface area (Å²) in [5.41, 5.74) is 0.989. The van der Waals surface area contributed by atoms with Gasteiger partial charge in [0.05, 0.1) is 34.5 Å². The molecule has 0 aromatic heterocycles. The van der Waals surface area contributed by atoms with Crippen LogP contribution in [0.1, 0.15) is 18.4 Å². The zero-order chi connectivity index (χ0) is 20.9. The number of rotatable bonds is 12. The third-order valence-electron chi connectivity index (χ3n) is 4.84. The van der Waals surface area contributed by atoms with Crippen molar-refractivity contribution in [2.75, 3.05) is 67.9 Å². The second-order valence-electron chi connectivity index (χ2n) is 6.84. The van der Waals surface area contributed by atoms with E-state index in [1.165, 1.54) is 0 Å². The Balaban J connectivity index is 0.00000450. The molecule has 172 valence electrons. The number of nitrogens with one attached hydrogen (secondary N) is 2. The summed E-state index contributed by atoms with van der Waals surface area (Å²) in [4.78, 5) is 4.27. The lowest BCUT2D eigenvalue weighted by molar-refractivity contribution is 0.0888. The van der Waals surface area contributed by atoms with E-state index >= 15 is 0 Å². The van der Waals surface area contributed by atoms with Gasteiger partial charge in [-0.15, -0.1) is 24.0 Å². The van der Waals surface area contributed by atoms with Crippen LogP contribution in [0, 0.1) is 5.92 Å². The molecule has 2 N–H and O–H groups in total. The van der Waals surface area contributed by atoms with E-state index in [-0.39, 0.29) is 24.0 Å². The first-order valence-corrected chi connectivity index (χ1v) is 10.1. The summed E-state index contributed by atoms with van der Waals surface area (Å²) in [5.74, 6) is 3.52. The quantitative estimate of drug-likeness (QED) is 0.184. The number of hydrogen-bond donors (Lipinski definition) is 2. The Morgan fingerprint density at radius 3 is 2.37 bits per heavy atom. The minimum atomic E-state index is 0. The lowest BCUT2D eigenvalue weighted by Gasteiger charge is -2.16. The molecule has 9 heteroatoms. The summed E-state index contributed by atoms with van der Waals surface area (Å²) < 4.78 is 27.4. The Labute approximate surface area is 197 Å². The van der Waals surface area contributed by atoms with Crippen LogP contribution in [0.3, 0.4) is 0 Å². The van der Waals surface area contributed by atoms with Crippen molar-refractivity contribution in [2.24, 2.45) is 10.9 Å². The minimum Gasteiger partial charge on any atom is -0.496 e. The van der Waals surface area contributed by atoms with Gasteiger partial charge in [-0.1, -0.05) is 0 Å². The molecule has 1 fully saturated rings. The Morgan fingerprint density at radius 1 is 1.10 bits per heavy atom. The first kappa shape index (κ1) is 26.6. The predicted octanol–water partition coefficient (Wildman–Crippen LogP) is 2.48. The van der Waals surface area contributed by atoms with E-state index in [1.54, 1.807) is 28.4 Å². The molecule has 0 spiro atoms. The van der Waals surface area contributed by atoms with Crippen molar-refractivity contribution in [3.05, 3.63) is 17.7 Å². The molecule has 1 atom stereocenters. The van der Waals surface area contributed by atoms with Crippen molar-refractivity contribution in [3.8, 4) is 17.2 Å². The number of ether oxygens (including phenoxy) is 5. The zero-order valence-corrected chi connectivity index (χ0v) is 20.8. The zero-order valence-electron chi connectivity index (χ0n) is 18.5. The molecule has 0 bridgehead atoms. The van der Waals surface area contributed by atoms with Gasteiger partial charge in [0, 0.05) is 57.0 Å². The predicted molar refractivity (Wildman–Crippen MR) is 129 cm³/mol. The third-order valence-corrected chi connectivity index (χ3v) is 4.84. The van der Waals surface area contributed by atoms with Gasteiger partial charge in [0.2, 0.25) is 0 Å². The molecule has 8 nitrogen and oxygen atoms in total. The molecule has 1 unspecified atom stereocenters. The average Bonchev–Trinajstić information content (AvgIpc) is 3.27. The summed E-state index contributed by atoms with van der Waals surface area (Å²) >= 11 is 0. The number of methoxy groups -OCH3 is 3. The Kier molecular flexibility index (Phi) is 13.6. The van der Waals surface area contributed by atoms with Crippen molar-refractivity contribution in [1.82, 2.24) is 10.6 Å². The fraction of sp³-hybridized carbons (Fsp3) is 0.667. The second kappa shape index (κ2) is 15.4. The van der Waals surface area contributed by atoms with Gasteiger partial charge in [-0.3, -0.25) is 4.99 Å². The number of benzene rings is 1. The van der Waals surface area contributed by atoms with Gasteiger partial charge in [-0.2, -0.15) is 0 Å². The van der Waals surface area contributed by atoms with Crippen molar-refractivity contribution in [1.29, 1.82) is 0 Å². The third kappa shape index (κ3) is 8.73. The first-order chi connectivity index (χ1) is 14.2. The van der Waals surface area contributed by atoms with E-state index in [9.17, 15) is 0 Å².